The summed E-state index contributed by atoms with van der Waals surface area (Å²) in [5, 5.41) is 7.23. The van der Waals surface area contributed by atoms with Gasteiger partial charge in [0.2, 0.25) is 0 Å². The zero-order valence-corrected chi connectivity index (χ0v) is 21.4. The van der Waals surface area contributed by atoms with Gasteiger partial charge in [-0.15, -0.1) is 24.0 Å². The second-order valence-corrected chi connectivity index (χ2v) is 8.68. The Labute approximate surface area is 197 Å². The van der Waals surface area contributed by atoms with E-state index in [9.17, 15) is 4.39 Å². The first-order valence-electron chi connectivity index (χ1n) is 10.1. The van der Waals surface area contributed by atoms with Gasteiger partial charge in [0.25, 0.3) is 0 Å². The Morgan fingerprint density at radius 1 is 1.24 bits per heavy atom. The second-order valence-electron chi connectivity index (χ2n) is 8.27. The van der Waals surface area contributed by atoms with E-state index < -0.39 is 0 Å². The fourth-order valence-electron chi connectivity index (χ4n) is 3.38. The molecule has 0 amide bonds. The number of guanidine groups is 1. The Balaban J connectivity index is 0.00000420. The smallest absolute Gasteiger partial charge is 0.191 e. The van der Waals surface area contributed by atoms with Crippen LogP contribution in [0, 0.1) is 5.82 Å². The minimum Gasteiger partial charge on any atom is -0.357 e. The zero-order valence-electron chi connectivity index (χ0n) is 18.3. The van der Waals surface area contributed by atoms with E-state index >= 15 is 0 Å². The van der Waals surface area contributed by atoms with Crippen LogP contribution in [-0.4, -0.2) is 74.7 Å². The molecule has 8 heteroatoms. The summed E-state index contributed by atoms with van der Waals surface area (Å²) in [4.78, 5) is 9.65. The average molecular weight is 540 g/mol. The highest BCUT2D eigenvalue weighted by atomic mass is 127. The molecule has 1 aliphatic rings. The van der Waals surface area contributed by atoms with Crippen molar-refractivity contribution in [2.24, 2.45) is 4.99 Å². The van der Waals surface area contributed by atoms with Gasteiger partial charge in [-0.1, -0.05) is 31.5 Å². The van der Waals surface area contributed by atoms with Gasteiger partial charge in [0.15, 0.2) is 5.96 Å². The third kappa shape index (κ3) is 8.19. The highest BCUT2D eigenvalue weighted by Gasteiger charge is 2.24. The summed E-state index contributed by atoms with van der Waals surface area (Å²) in [6.07, 6.45) is 0. The van der Waals surface area contributed by atoms with E-state index in [1.807, 2.05) is 0 Å². The highest BCUT2D eigenvalue weighted by Crippen LogP contribution is 2.30. The van der Waals surface area contributed by atoms with Crippen molar-refractivity contribution in [2.45, 2.75) is 39.2 Å². The number of nitrogens with zero attached hydrogens (tertiary/aromatic N) is 3. The second kappa shape index (κ2) is 12.3. The van der Waals surface area contributed by atoms with Crippen molar-refractivity contribution in [3.8, 4) is 0 Å². The number of piperazine rings is 1. The lowest BCUT2D eigenvalue weighted by Gasteiger charge is -2.36. The SMILES string of the molecule is CCNC(=NCC(C)(C)c1ccc(F)cc1Cl)NCC(C)N1CCN(C)CC1.I. The van der Waals surface area contributed by atoms with Gasteiger partial charge in [-0.2, -0.15) is 0 Å². The molecular weight excluding hydrogens is 504 g/mol. The maximum Gasteiger partial charge on any atom is 0.191 e. The van der Waals surface area contributed by atoms with Gasteiger partial charge >= 0.3 is 0 Å². The van der Waals surface area contributed by atoms with Gasteiger partial charge in [-0.25, -0.2) is 4.39 Å². The van der Waals surface area contributed by atoms with Crippen LogP contribution in [0.4, 0.5) is 4.39 Å². The Kier molecular flexibility index (Phi) is 11.2. The van der Waals surface area contributed by atoms with Crippen LogP contribution in [0.5, 0.6) is 0 Å². The molecule has 1 unspecified atom stereocenters. The molecule has 0 aliphatic carbocycles. The number of hydrogen-bond acceptors (Lipinski definition) is 3. The summed E-state index contributed by atoms with van der Waals surface area (Å²) < 4.78 is 13.4. The first-order chi connectivity index (χ1) is 13.2. The molecule has 1 saturated heterocycles. The largest absolute Gasteiger partial charge is 0.357 e. The molecule has 166 valence electrons. The number of aliphatic imine (C=N–C) groups is 1. The van der Waals surface area contributed by atoms with Gasteiger partial charge < -0.3 is 15.5 Å². The first kappa shape index (κ1) is 26.4. The van der Waals surface area contributed by atoms with Gasteiger partial charge in [0.05, 0.1) is 6.54 Å². The van der Waals surface area contributed by atoms with E-state index in [1.54, 1.807) is 6.07 Å². The molecule has 1 atom stereocenters. The predicted molar refractivity (Wildman–Crippen MR) is 132 cm³/mol. The van der Waals surface area contributed by atoms with E-state index in [-0.39, 0.29) is 35.2 Å². The van der Waals surface area contributed by atoms with Crippen molar-refractivity contribution in [3.05, 3.63) is 34.6 Å². The molecule has 0 radical (unpaired) electrons. The molecule has 29 heavy (non-hydrogen) atoms. The minimum atomic E-state index is -0.319. The van der Waals surface area contributed by atoms with Crippen LogP contribution in [-0.2, 0) is 5.41 Å². The molecule has 0 bridgehead atoms. The number of rotatable bonds is 7. The normalized spacial score (nSPS) is 17.6. The standard InChI is InChI=1S/C21H35ClFN5.HI/c1-6-24-20(25-14-16(2)28-11-9-27(5)10-12-28)26-15-21(3,4)18-8-7-17(23)13-19(18)22;/h7-8,13,16H,6,9-12,14-15H2,1-5H3,(H2,24,25,26);1H. The lowest BCUT2D eigenvalue weighted by molar-refractivity contribution is 0.120. The Morgan fingerprint density at radius 2 is 1.90 bits per heavy atom. The summed E-state index contributed by atoms with van der Waals surface area (Å²) in [6.45, 7) is 15.1. The fourth-order valence-corrected chi connectivity index (χ4v) is 3.80. The third-order valence-electron chi connectivity index (χ3n) is 5.36. The topological polar surface area (TPSA) is 42.9 Å². The van der Waals surface area contributed by atoms with Crippen molar-refractivity contribution in [1.82, 2.24) is 20.4 Å². The van der Waals surface area contributed by atoms with E-state index in [2.05, 4.69) is 55.2 Å². The van der Waals surface area contributed by atoms with Gasteiger partial charge in [-0.3, -0.25) is 9.89 Å². The van der Waals surface area contributed by atoms with E-state index in [0.29, 0.717) is 17.6 Å². The molecule has 1 aromatic carbocycles. The molecule has 0 aromatic heterocycles. The summed E-state index contributed by atoms with van der Waals surface area (Å²) >= 11 is 6.26. The number of nitrogens with one attached hydrogen (secondary N) is 2. The van der Waals surface area contributed by atoms with Crippen LogP contribution >= 0.6 is 35.6 Å². The van der Waals surface area contributed by atoms with Crippen LogP contribution in [0.15, 0.2) is 23.2 Å². The Bertz CT molecular complexity index is 662. The van der Waals surface area contributed by atoms with Crippen LogP contribution in [0.3, 0.4) is 0 Å². The van der Waals surface area contributed by atoms with E-state index in [4.69, 9.17) is 16.6 Å². The predicted octanol–water partition coefficient (Wildman–Crippen LogP) is 3.57. The Morgan fingerprint density at radius 3 is 2.48 bits per heavy atom. The van der Waals surface area contributed by atoms with Gasteiger partial charge in [0, 0.05) is 55.7 Å². The zero-order chi connectivity index (χ0) is 20.7. The average Bonchev–Trinajstić information content (AvgIpc) is 2.64. The molecule has 1 aromatic rings. The van der Waals surface area contributed by atoms with Gasteiger partial charge in [-0.05, 0) is 38.6 Å². The molecule has 1 heterocycles. The molecule has 1 aliphatic heterocycles. The van der Waals surface area contributed by atoms with Crippen LogP contribution in [0.25, 0.3) is 0 Å². The lowest BCUT2D eigenvalue weighted by atomic mass is 9.84. The maximum atomic E-state index is 13.4. The van der Waals surface area contributed by atoms with Crippen LogP contribution in [0.1, 0.15) is 33.3 Å². The summed E-state index contributed by atoms with van der Waals surface area (Å²) in [7, 11) is 2.17. The maximum absolute atomic E-state index is 13.4. The number of likely N-dealkylation sites (N-methyl/N-ethyl adjacent to an activating group) is 1. The minimum absolute atomic E-state index is 0. The van der Waals surface area contributed by atoms with Crippen molar-refractivity contribution in [1.29, 1.82) is 0 Å². The molecular formula is C21H36ClFIN5. The van der Waals surface area contributed by atoms with Crippen molar-refractivity contribution >= 4 is 41.5 Å². The van der Waals surface area contributed by atoms with Gasteiger partial charge in [0.1, 0.15) is 5.82 Å². The van der Waals surface area contributed by atoms with Crippen LogP contribution < -0.4 is 10.6 Å². The van der Waals surface area contributed by atoms with E-state index in [1.165, 1.54) is 12.1 Å². The molecule has 0 spiro atoms. The summed E-state index contributed by atoms with van der Waals surface area (Å²) in [5.41, 5.74) is 0.608. The monoisotopic (exact) mass is 539 g/mol. The molecule has 1 fully saturated rings. The quantitative estimate of drug-likeness (QED) is 0.316. The first-order valence-corrected chi connectivity index (χ1v) is 10.5. The lowest BCUT2D eigenvalue weighted by Crippen LogP contribution is -2.52. The number of halogens is 3. The highest BCUT2D eigenvalue weighted by molar-refractivity contribution is 14.0. The Hall–Kier alpha value is -0.640. The number of benzene rings is 1. The molecule has 0 saturated carbocycles. The third-order valence-corrected chi connectivity index (χ3v) is 5.68. The van der Waals surface area contributed by atoms with E-state index in [0.717, 1.165) is 50.8 Å². The summed E-state index contributed by atoms with van der Waals surface area (Å²) in [6, 6.07) is 5.01. The van der Waals surface area contributed by atoms with Crippen LogP contribution in [0.2, 0.25) is 5.02 Å². The number of hydrogen-bond donors (Lipinski definition) is 2. The fraction of sp³-hybridized carbons (Fsp3) is 0.667. The molecule has 2 rings (SSSR count). The van der Waals surface area contributed by atoms with Crippen molar-refractivity contribution in [3.63, 3.8) is 0 Å². The van der Waals surface area contributed by atoms with Crippen molar-refractivity contribution < 1.29 is 4.39 Å². The van der Waals surface area contributed by atoms with Crippen molar-refractivity contribution in [2.75, 3.05) is 52.9 Å². The molecule has 5 nitrogen and oxygen atoms in total. The summed E-state index contributed by atoms with van der Waals surface area (Å²) in [5.74, 6) is 0.482. The molecule has 2 N–H and O–H groups in total.